The van der Waals surface area contributed by atoms with Gasteiger partial charge in [0.1, 0.15) is 0 Å². The van der Waals surface area contributed by atoms with Gasteiger partial charge in [0.05, 0.1) is 22.3 Å². The van der Waals surface area contributed by atoms with Crippen LogP contribution in [-0.4, -0.2) is 51.4 Å². The zero-order valence-electron chi connectivity index (χ0n) is 18.5. The topological polar surface area (TPSA) is 64.4 Å². The van der Waals surface area contributed by atoms with Gasteiger partial charge >= 0.3 is 0 Å². The lowest BCUT2D eigenvalue weighted by molar-refractivity contribution is -0.131. The van der Waals surface area contributed by atoms with Gasteiger partial charge in [0, 0.05) is 26.2 Å². The van der Waals surface area contributed by atoms with Crippen LogP contribution in [0.3, 0.4) is 0 Å². The Morgan fingerprint density at radius 2 is 1.93 bits per heavy atom. The number of carbonyl (C=O) groups excluding carboxylic acids is 1. The fourth-order valence-corrected chi connectivity index (χ4v) is 4.69. The second kappa shape index (κ2) is 10.4. The number of fused-ring (bicyclic) bond motifs is 1. The summed E-state index contributed by atoms with van der Waals surface area (Å²) in [5, 5.41) is 0.926. The van der Waals surface area contributed by atoms with E-state index in [1.807, 2.05) is 49.9 Å². The van der Waals surface area contributed by atoms with E-state index in [-0.39, 0.29) is 22.8 Å². The maximum Gasteiger partial charge on any atom is 0.262 e. The summed E-state index contributed by atoms with van der Waals surface area (Å²) < 4.78 is 7.34. The Labute approximate surface area is 183 Å². The van der Waals surface area contributed by atoms with Gasteiger partial charge < -0.3 is 9.64 Å². The van der Waals surface area contributed by atoms with Crippen LogP contribution in [0.4, 0.5) is 0 Å². The van der Waals surface area contributed by atoms with Crippen molar-refractivity contribution in [2.75, 3.05) is 19.7 Å². The highest BCUT2D eigenvalue weighted by Gasteiger charge is 2.26. The molecule has 1 fully saturated rings. The number of hydrogen-bond acceptors (Lipinski definition) is 5. The van der Waals surface area contributed by atoms with E-state index in [0.717, 1.165) is 32.4 Å². The molecular formula is C23H33N3O3S. The van der Waals surface area contributed by atoms with Crippen LogP contribution < -0.4 is 5.56 Å². The normalized spacial score (nSPS) is 16.4. The minimum atomic E-state index is -0.287. The van der Waals surface area contributed by atoms with Crippen LogP contribution in [0.5, 0.6) is 0 Å². The zero-order valence-corrected chi connectivity index (χ0v) is 19.3. The average molecular weight is 432 g/mol. The lowest BCUT2D eigenvalue weighted by atomic mass is 9.99. The summed E-state index contributed by atoms with van der Waals surface area (Å²) in [5.41, 5.74) is 0.616. The monoisotopic (exact) mass is 431 g/mol. The maximum absolute atomic E-state index is 13.1. The summed E-state index contributed by atoms with van der Waals surface area (Å²) in [4.78, 5) is 32.8. The third kappa shape index (κ3) is 5.64. The largest absolute Gasteiger partial charge is 0.379 e. The van der Waals surface area contributed by atoms with Crippen LogP contribution in [0.2, 0.25) is 0 Å². The van der Waals surface area contributed by atoms with E-state index in [1.165, 1.54) is 11.8 Å². The summed E-state index contributed by atoms with van der Waals surface area (Å²) in [6.45, 7) is 10.9. The highest BCUT2D eigenvalue weighted by Crippen LogP contribution is 2.26. The molecule has 6 nitrogen and oxygen atoms in total. The van der Waals surface area contributed by atoms with E-state index in [4.69, 9.17) is 9.72 Å². The molecule has 164 valence electrons. The highest BCUT2D eigenvalue weighted by atomic mass is 32.2. The predicted molar refractivity (Wildman–Crippen MR) is 122 cm³/mol. The molecule has 0 spiro atoms. The molecule has 1 saturated heterocycles. The van der Waals surface area contributed by atoms with Gasteiger partial charge in [-0.2, -0.15) is 0 Å². The number of benzene rings is 1. The van der Waals surface area contributed by atoms with E-state index in [9.17, 15) is 9.59 Å². The number of nitrogens with zero attached hydrogens (tertiary/aromatic N) is 3. The predicted octanol–water partition coefficient (Wildman–Crippen LogP) is 3.95. The number of carbonyl (C=O) groups is 1. The highest BCUT2D eigenvalue weighted by molar-refractivity contribution is 8.00. The molecule has 1 unspecified atom stereocenters. The molecule has 1 aliphatic rings. The number of thioether (sulfide) groups is 1. The first-order valence-electron chi connectivity index (χ1n) is 10.9. The van der Waals surface area contributed by atoms with Crippen molar-refractivity contribution in [3.05, 3.63) is 34.6 Å². The van der Waals surface area contributed by atoms with Gasteiger partial charge in [-0.1, -0.05) is 30.8 Å². The van der Waals surface area contributed by atoms with Crippen molar-refractivity contribution in [3.8, 4) is 0 Å². The SMILES string of the molecule is CC1CCN(C(=O)C(C)Sc2nc3ccccc3c(=O)n2CCCOC(C)C)CC1. The van der Waals surface area contributed by atoms with Gasteiger partial charge in [-0.15, -0.1) is 0 Å². The second-order valence-corrected chi connectivity index (χ2v) is 9.72. The maximum atomic E-state index is 13.1. The molecule has 2 aromatic rings. The number of amides is 1. The Morgan fingerprint density at radius 3 is 2.63 bits per heavy atom. The van der Waals surface area contributed by atoms with E-state index in [2.05, 4.69) is 6.92 Å². The minimum Gasteiger partial charge on any atom is -0.379 e. The standard InChI is InChI=1S/C23H33N3O3S/c1-16(2)29-15-7-12-26-22(28)19-8-5-6-9-20(19)24-23(26)30-18(4)21(27)25-13-10-17(3)11-14-25/h5-6,8-9,16-18H,7,10-15H2,1-4H3. The summed E-state index contributed by atoms with van der Waals surface area (Å²) >= 11 is 1.39. The van der Waals surface area contributed by atoms with Gasteiger partial charge in [0.25, 0.3) is 5.56 Å². The molecule has 0 N–H and O–H groups in total. The number of hydrogen-bond donors (Lipinski definition) is 0. The van der Waals surface area contributed by atoms with Gasteiger partial charge in [-0.05, 0) is 58.1 Å². The number of ether oxygens (including phenoxy) is 1. The molecule has 1 aromatic heterocycles. The third-order valence-corrected chi connectivity index (χ3v) is 6.61. The van der Waals surface area contributed by atoms with Gasteiger partial charge in [-0.3, -0.25) is 14.2 Å². The van der Waals surface area contributed by atoms with Crippen LogP contribution in [0, 0.1) is 5.92 Å². The molecule has 0 radical (unpaired) electrons. The molecule has 0 saturated carbocycles. The molecule has 1 aliphatic heterocycles. The number of likely N-dealkylation sites (tertiary alicyclic amines) is 1. The van der Waals surface area contributed by atoms with E-state index in [1.54, 1.807) is 4.57 Å². The molecule has 1 aromatic carbocycles. The van der Waals surface area contributed by atoms with Crippen molar-refractivity contribution in [3.63, 3.8) is 0 Å². The second-order valence-electron chi connectivity index (χ2n) is 8.41. The Balaban J connectivity index is 1.80. The lowest BCUT2D eigenvalue weighted by Gasteiger charge is -2.32. The van der Waals surface area contributed by atoms with Crippen LogP contribution in [0.25, 0.3) is 10.9 Å². The van der Waals surface area contributed by atoms with Crippen LogP contribution in [0.15, 0.2) is 34.2 Å². The molecule has 30 heavy (non-hydrogen) atoms. The van der Waals surface area contributed by atoms with E-state index < -0.39 is 0 Å². The van der Waals surface area contributed by atoms with Gasteiger partial charge in [0.2, 0.25) is 5.91 Å². The summed E-state index contributed by atoms with van der Waals surface area (Å²) in [7, 11) is 0. The van der Waals surface area contributed by atoms with Crippen LogP contribution in [0.1, 0.15) is 47.0 Å². The first kappa shape index (κ1) is 22.8. The summed E-state index contributed by atoms with van der Waals surface area (Å²) in [5.74, 6) is 0.807. The quantitative estimate of drug-likeness (QED) is 0.360. The Kier molecular flexibility index (Phi) is 7.94. The number of para-hydroxylation sites is 1. The fraction of sp³-hybridized carbons (Fsp3) is 0.609. The Bertz CT molecular complexity index is 920. The van der Waals surface area contributed by atoms with Gasteiger partial charge in [0.15, 0.2) is 5.16 Å². The summed E-state index contributed by atoms with van der Waals surface area (Å²) in [6.07, 6.45) is 2.99. The van der Waals surface area contributed by atoms with E-state index >= 15 is 0 Å². The third-order valence-electron chi connectivity index (χ3n) is 5.53. The molecule has 0 bridgehead atoms. The van der Waals surface area contributed by atoms with Crippen LogP contribution >= 0.6 is 11.8 Å². The molecular weight excluding hydrogens is 398 g/mol. The van der Waals surface area contributed by atoms with E-state index in [0.29, 0.717) is 35.1 Å². The Morgan fingerprint density at radius 1 is 1.23 bits per heavy atom. The number of aromatic nitrogens is 2. The van der Waals surface area contributed by atoms with Crippen LogP contribution in [-0.2, 0) is 16.1 Å². The van der Waals surface area contributed by atoms with Crippen molar-refractivity contribution in [2.45, 2.75) is 70.0 Å². The van der Waals surface area contributed by atoms with Crippen molar-refractivity contribution in [2.24, 2.45) is 5.92 Å². The fourth-order valence-electron chi connectivity index (χ4n) is 3.67. The smallest absolute Gasteiger partial charge is 0.262 e. The molecule has 1 atom stereocenters. The van der Waals surface area contributed by atoms with Crippen molar-refractivity contribution >= 4 is 28.6 Å². The van der Waals surface area contributed by atoms with Crippen molar-refractivity contribution < 1.29 is 9.53 Å². The molecule has 7 heteroatoms. The Hall–Kier alpha value is -1.86. The molecule has 0 aliphatic carbocycles. The number of rotatable bonds is 8. The van der Waals surface area contributed by atoms with Crippen molar-refractivity contribution in [1.29, 1.82) is 0 Å². The summed E-state index contributed by atoms with van der Waals surface area (Å²) in [6, 6.07) is 7.40. The molecule has 2 heterocycles. The first-order valence-corrected chi connectivity index (χ1v) is 11.8. The lowest BCUT2D eigenvalue weighted by Crippen LogP contribution is -2.42. The number of piperidine rings is 1. The van der Waals surface area contributed by atoms with Gasteiger partial charge in [-0.25, -0.2) is 4.98 Å². The molecule has 1 amide bonds. The zero-order chi connectivity index (χ0) is 21.7. The molecule has 3 rings (SSSR count). The first-order chi connectivity index (χ1) is 14.4. The minimum absolute atomic E-state index is 0.0564. The average Bonchev–Trinajstić information content (AvgIpc) is 2.72. The van der Waals surface area contributed by atoms with Crippen molar-refractivity contribution in [1.82, 2.24) is 14.5 Å².